The van der Waals surface area contributed by atoms with Crippen LogP contribution in [-0.2, 0) is 4.74 Å². The number of hydrogen-bond acceptors (Lipinski definition) is 6. The van der Waals surface area contributed by atoms with Gasteiger partial charge >= 0.3 is 6.09 Å². The molecule has 182 valence electrons. The third-order valence-corrected chi connectivity index (χ3v) is 5.17. The fourth-order valence-corrected chi connectivity index (χ4v) is 3.54. The summed E-state index contributed by atoms with van der Waals surface area (Å²) in [5.41, 5.74) is 0.532. The van der Waals surface area contributed by atoms with Gasteiger partial charge in [0.2, 0.25) is 0 Å². The molecule has 3 amide bonds. The van der Waals surface area contributed by atoms with Crippen molar-refractivity contribution in [3.63, 3.8) is 0 Å². The number of pyridine rings is 1. The standard InChI is InChI=1S/C25H32N4O5/c1-16(2)29-14-11-18(15-27-24(32)34-25(3,4)5)33-21-19(23(29)31)7-6-8-20(21)28-22(30)17-9-12-26-13-10-17/h6-10,12-13,16,18H,11,14-15H2,1-5H3,(H,27,32)(H,28,30). The molecule has 0 aliphatic carbocycles. The molecular formula is C25H32N4O5. The second-order valence-corrected chi connectivity index (χ2v) is 9.38. The number of hydrogen-bond donors (Lipinski definition) is 2. The Kier molecular flexibility index (Phi) is 7.75. The Balaban J connectivity index is 1.89. The second-order valence-electron chi connectivity index (χ2n) is 9.38. The monoisotopic (exact) mass is 468 g/mol. The van der Waals surface area contributed by atoms with Gasteiger partial charge in [-0.3, -0.25) is 14.6 Å². The minimum atomic E-state index is -0.621. The Labute approximate surface area is 199 Å². The number of nitrogens with zero attached hydrogens (tertiary/aromatic N) is 2. The molecule has 0 fully saturated rings. The number of aromatic nitrogens is 1. The molecule has 0 radical (unpaired) electrons. The van der Waals surface area contributed by atoms with Gasteiger partial charge in [0.25, 0.3) is 11.8 Å². The highest BCUT2D eigenvalue weighted by Crippen LogP contribution is 2.33. The minimum Gasteiger partial charge on any atom is -0.485 e. The van der Waals surface area contributed by atoms with Gasteiger partial charge in [-0.05, 0) is 58.9 Å². The summed E-state index contributed by atoms with van der Waals surface area (Å²) in [4.78, 5) is 43.9. The van der Waals surface area contributed by atoms with Crippen LogP contribution in [0.2, 0.25) is 0 Å². The molecule has 1 atom stereocenters. The number of benzene rings is 1. The Morgan fingerprint density at radius 1 is 1.21 bits per heavy atom. The van der Waals surface area contributed by atoms with Gasteiger partial charge in [-0.1, -0.05) is 6.07 Å². The summed E-state index contributed by atoms with van der Waals surface area (Å²) in [5, 5.41) is 5.59. The van der Waals surface area contributed by atoms with Crippen molar-refractivity contribution < 1.29 is 23.9 Å². The minimum absolute atomic E-state index is 0.0343. The van der Waals surface area contributed by atoms with Gasteiger partial charge in [-0.2, -0.15) is 0 Å². The first-order chi connectivity index (χ1) is 16.0. The molecule has 0 spiro atoms. The molecule has 34 heavy (non-hydrogen) atoms. The van der Waals surface area contributed by atoms with E-state index in [9.17, 15) is 14.4 Å². The highest BCUT2D eigenvalue weighted by Gasteiger charge is 2.30. The first-order valence-electron chi connectivity index (χ1n) is 11.3. The smallest absolute Gasteiger partial charge is 0.407 e. The van der Waals surface area contributed by atoms with E-state index in [4.69, 9.17) is 9.47 Å². The zero-order chi connectivity index (χ0) is 24.9. The molecule has 1 aliphatic rings. The lowest BCUT2D eigenvalue weighted by Gasteiger charge is -2.33. The van der Waals surface area contributed by atoms with E-state index in [2.05, 4.69) is 15.6 Å². The molecule has 1 aliphatic heterocycles. The van der Waals surface area contributed by atoms with Gasteiger partial charge in [0.1, 0.15) is 11.7 Å². The quantitative estimate of drug-likeness (QED) is 0.690. The number of nitrogens with one attached hydrogen (secondary N) is 2. The Bertz CT molecular complexity index is 1030. The van der Waals surface area contributed by atoms with Crippen LogP contribution in [0.25, 0.3) is 0 Å². The molecule has 2 N–H and O–H groups in total. The van der Waals surface area contributed by atoms with Gasteiger partial charge in [-0.25, -0.2) is 4.79 Å². The largest absolute Gasteiger partial charge is 0.485 e. The molecule has 9 heteroatoms. The van der Waals surface area contributed by atoms with E-state index in [0.717, 1.165) is 0 Å². The predicted molar refractivity (Wildman–Crippen MR) is 128 cm³/mol. The van der Waals surface area contributed by atoms with Gasteiger partial charge in [0.05, 0.1) is 17.8 Å². The summed E-state index contributed by atoms with van der Waals surface area (Å²) in [6.07, 6.45) is 2.56. The third-order valence-electron chi connectivity index (χ3n) is 5.17. The molecule has 2 heterocycles. The van der Waals surface area contributed by atoms with Crippen LogP contribution in [0.15, 0.2) is 42.7 Å². The van der Waals surface area contributed by atoms with Gasteiger partial charge < -0.3 is 25.0 Å². The average molecular weight is 469 g/mol. The molecule has 1 unspecified atom stereocenters. The van der Waals surface area contributed by atoms with Crippen molar-refractivity contribution >= 4 is 23.6 Å². The summed E-state index contributed by atoms with van der Waals surface area (Å²) in [6, 6.07) is 8.23. The van der Waals surface area contributed by atoms with Crippen molar-refractivity contribution in [3.8, 4) is 5.75 Å². The average Bonchev–Trinajstić information content (AvgIpc) is 2.76. The van der Waals surface area contributed by atoms with Crippen molar-refractivity contribution in [3.05, 3.63) is 53.9 Å². The van der Waals surface area contributed by atoms with Crippen LogP contribution in [0.3, 0.4) is 0 Å². The SMILES string of the molecule is CC(C)N1CCC(CNC(=O)OC(C)(C)C)Oc2c(NC(=O)c3ccncc3)cccc2C1=O. The maximum Gasteiger partial charge on any atom is 0.407 e. The Morgan fingerprint density at radius 3 is 2.56 bits per heavy atom. The normalized spacial score (nSPS) is 16.1. The third kappa shape index (κ3) is 6.46. The number of alkyl carbamates (subject to hydrolysis) is 1. The summed E-state index contributed by atoms with van der Waals surface area (Å²) in [5.74, 6) is -0.252. The summed E-state index contributed by atoms with van der Waals surface area (Å²) in [6.45, 7) is 9.91. The Morgan fingerprint density at radius 2 is 1.91 bits per heavy atom. The van der Waals surface area contributed by atoms with E-state index in [1.54, 1.807) is 56.0 Å². The van der Waals surface area contributed by atoms with E-state index >= 15 is 0 Å². The van der Waals surface area contributed by atoms with Gasteiger partial charge in [-0.15, -0.1) is 0 Å². The van der Waals surface area contributed by atoms with Crippen LogP contribution >= 0.6 is 0 Å². The molecule has 0 saturated heterocycles. The molecule has 0 saturated carbocycles. The molecule has 2 aromatic rings. The van der Waals surface area contributed by atoms with Crippen LogP contribution in [0.1, 0.15) is 61.8 Å². The number of para-hydroxylation sites is 1. The zero-order valence-corrected chi connectivity index (χ0v) is 20.3. The number of carbonyl (C=O) groups is 3. The zero-order valence-electron chi connectivity index (χ0n) is 20.3. The van der Waals surface area contributed by atoms with Crippen LogP contribution in [0.4, 0.5) is 10.5 Å². The first kappa shape index (κ1) is 25.0. The molecule has 3 rings (SSSR count). The number of anilines is 1. The summed E-state index contributed by atoms with van der Waals surface area (Å²) < 4.78 is 11.6. The van der Waals surface area contributed by atoms with Crippen LogP contribution < -0.4 is 15.4 Å². The highest BCUT2D eigenvalue weighted by atomic mass is 16.6. The maximum absolute atomic E-state index is 13.3. The molecule has 1 aromatic heterocycles. The molecule has 0 bridgehead atoms. The highest BCUT2D eigenvalue weighted by molar-refractivity contribution is 6.07. The van der Waals surface area contributed by atoms with E-state index in [-0.39, 0.29) is 30.2 Å². The number of ether oxygens (including phenoxy) is 2. The lowest BCUT2D eigenvalue weighted by molar-refractivity contribution is 0.0472. The summed E-state index contributed by atoms with van der Waals surface area (Å²) >= 11 is 0. The van der Waals surface area contributed by atoms with E-state index < -0.39 is 17.8 Å². The first-order valence-corrected chi connectivity index (χ1v) is 11.3. The van der Waals surface area contributed by atoms with Gasteiger partial charge in [0.15, 0.2) is 5.75 Å². The van der Waals surface area contributed by atoms with Crippen LogP contribution in [0, 0.1) is 0 Å². The fraction of sp³-hybridized carbons (Fsp3) is 0.440. The molecular weight excluding hydrogens is 436 g/mol. The van der Waals surface area contributed by atoms with Gasteiger partial charge in [0, 0.05) is 37.0 Å². The number of fused-ring (bicyclic) bond motifs is 1. The van der Waals surface area contributed by atoms with Crippen molar-refractivity contribution in [1.82, 2.24) is 15.2 Å². The number of rotatable bonds is 5. The van der Waals surface area contributed by atoms with E-state index in [0.29, 0.717) is 29.8 Å². The lowest BCUT2D eigenvalue weighted by atomic mass is 10.1. The fourth-order valence-electron chi connectivity index (χ4n) is 3.54. The summed E-state index contributed by atoms with van der Waals surface area (Å²) in [7, 11) is 0. The van der Waals surface area contributed by atoms with Crippen molar-refractivity contribution in [2.75, 3.05) is 18.4 Å². The van der Waals surface area contributed by atoms with Crippen molar-refractivity contribution in [2.45, 2.75) is 58.8 Å². The molecule has 1 aromatic carbocycles. The maximum atomic E-state index is 13.3. The number of carbonyl (C=O) groups excluding carboxylic acids is 3. The van der Waals surface area contributed by atoms with Crippen molar-refractivity contribution in [1.29, 1.82) is 0 Å². The second kappa shape index (κ2) is 10.5. The molecule has 9 nitrogen and oxygen atoms in total. The Hall–Kier alpha value is -3.62. The van der Waals surface area contributed by atoms with E-state index in [1.807, 2.05) is 13.8 Å². The van der Waals surface area contributed by atoms with E-state index in [1.165, 1.54) is 12.4 Å². The number of amides is 3. The van der Waals surface area contributed by atoms with Crippen LogP contribution in [0.5, 0.6) is 5.75 Å². The van der Waals surface area contributed by atoms with Crippen LogP contribution in [-0.4, -0.2) is 58.6 Å². The lowest BCUT2D eigenvalue weighted by Crippen LogP contribution is -2.45. The van der Waals surface area contributed by atoms with Crippen molar-refractivity contribution in [2.24, 2.45) is 0 Å². The topological polar surface area (TPSA) is 110 Å². The predicted octanol–water partition coefficient (Wildman–Crippen LogP) is 3.86.